The molecule has 1 saturated heterocycles. The third-order valence-corrected chi connectivity index (χ3v) is 2.43. The van der Waals surface area contributed by atoms with Gasteiger partial charge in [-0.25, -0.2) is 0 Å². The third kappa shape index (κ3) is 2.50. The summed E-state index contributed by atoms with van der Waals surface area (Å²) in [5.41, 5.74) is 1.32. The maximum Gasteiger partial charge on any atom is 0.0885 e. The number of quaternary nitrogens is 1. The number of pyridine rings is 1. The summed E-state index contributed by atoms with van der Waals surface area (Å²) in [5.74, 6) is 0. The molecule has 0 aromatic carbocycles. The summed E-state index contributed by atoms with van der Waals surface area (Å²) in [6, 6.07) is 4.15. The van der Waals surface area contributed by atoms with E-state index in [4.69, 9.17) is 0 Å². The van der Waals surface area contributed by atoms with Gasteiger partial charge in [-0.3, -0.25) is 9.88 Å². The molecule has 1 aromatic heterocycles. The highest BCUT2D eigenvalue weighted by atomic mass is 15.2. The zero-order chi connectivity index (χ0) is 8.93. The Morgan fingerprint density at radius 3 is 2.92 bits per heavy atom. The lowest BCUT2D eigenvalue weighted by Crippen LogP contribution is -2.89. The summed E-state index contributed by atoms with van der Waals surface area (Å²) in [6.45, 7) is 5.94. The number of hydrogen-bond donors (Lipinski definition) is 1. The Labute approximate surface area is 78.8 Å². The zero-order valence-electron chi connectivity index (χ0n) is 7.82. The molecule has 1 aliphatic rings. The number of rotatable bonds is 2. The molecule has 0 unspecified atom stereocenters. The average Bonchev–Trinajstić information content (AvgIpc) is 2.21. The van der Waals surface area contributed by atoms with Gasteiger partial charge in [0, 0.05) is 32.0 Å². The van der Waals surface area contributed by atoms with Crippen molar-refractivity contribution in [2.45, 2.75) is 6.54 Å². The molecule has 2 rings (SSSR count). The molecule has 0 radical (unpaired) electrons. The van der Waals surface area contributed by atoms with E-state index in [0.717, 1.165) is 6.54 Å². The van der Waals surface area contributed by atoms with Gasteiger partial charge in [-0.2, -0.15) is 0 Å². The predicted molar refractivity (Wildman–Crippen MR) is 51.2 cm³/mol. The summed E-state index contributed by atoms with van der Waals surface area (Å²) in [5, 5.41) is 2.37. The molecule has 1 aromatic rings. The summed E-state index contributed by atoms with van der Waals surface area (Å²) in [6.07, 6.45) is 3.78. The topological polar surface area (TPSA) is 32.7 Å². The molecule has 13 heavy (non-hydrogen) atoms. The first-order valence-electron chi connectivity index (χ1n) is 4.88. The SMILES string of the molecule is c1cncc(CN2CC[NH2+]CC2)c1. The van der Waals surface area contributed by atoms with Crippen LogP contribution in [-0.2, 0) is 6.54 Å². The van der Waals surface area contributed by atoms with Crippen molar-refractivity contribution in [3.05, 3.63) is 30.1 Å². The van der Waals surface area contributed by atoms with Crippen LogP contribution in [0.15, 0.2) is 24.5 Å². The lowest BCUT2D eigenvalue weighted by molar-refractivity contribution is -0.663. The quantitative estimate of drug-likeness (QED) is 0.660. The number of hydrogen-bond acceptors (Lipinski definition) is 2. The zero-order valence-corrected chi connectivity index (χ0v) is 7.82. The van der Waals surface area contributed by atoms with Crippen LogP contribution in [0.25, 0.3) is 0 Å². The molecule has 2 heterocycles. The fraction of sp³-hybridized carbons (Fsp3) is 0.500. The normalized spacial score (nSPS) is 18.8. The van der Waals surface area contributed by atoms with Gasteiger partial charge in [-0.15, -0.1) is 0 Å². The molecular formula is C10H16N3+. The second-order valence-corrected chi connectivity index (χ2v) is 3.50. The van der Waals surface area contributed by atoms with Crippen molar-refractivity contribution in [1.29, 1.82) is 0 Å². The highest BCUT2D eigenvalue weighted by molar-refractivity contribution is 5.08. The minimum atomic E-state index is 1.06. The van der Waals surface area contributed by atoms with E-state index < -0.39 is 0 Å². The van der Waals surface area contributed by atoms with Crippen LogP contribution in [0, 0.1) is 0 Å². The molecule has 3 nitrogen and oxygen atoms in total. The lowest BCUT2D eigenvalue weighted by atomic mass is 10.2. The van der Waals surface area contributed by atoms with Crippen molar-refractivity contribution in [3.8, 4) is 0 Å². The fourth-order valence-electron chi connectivity index (χ4n) is 1.71. The maximum atomic E-state index is 4.12. The van der Waals surface area contributed by atoms with Gasteiger partial charge >= 0.3 is 0 Å². The Hall–Kier alpha value is -0.930. The summed E-state index contributed by atoms with van der Waals surface area (Å²) >= 11 is 0. The highest BCUT2D eigenvalue weighted by Crippen LogP contribution is 2.01. The first kappa shape index (κ1) is 8.66. The van der Waals surface area contributed by atoms with Gasteiger partial charge in [0.1, 0.15) is 0 Å². The number of nitrogens with zero attached hydrogens (tertiary/aromatic N) is 2. The minimum Gasteiger partial charge on any atom is -0.344 e. The van der Waals surface area contributed by atoms with Crippen molar-refractivity contribution in [2.75, 3.05) is 26.2 Å². The van der Waals surface area contributed by atoms with E-state index in [1.807, 2.05) is 18.5 Å². The van der Waals surface area contributed by atoms with Crippen molar-refractivity contribution in [2.24, 2.45) is 0 Å². The fourth-order valence-corrected chi connectivity index (χ4v) is 1.71. The van der Waals surface area contributed by atoms with Gasteiger partial charge in [0.2, 0.25) is 0 Å². The summed E-state index contributed by atoms with van der Waals surface area (Å²) < 4.78 is 0. The Morgan fingerprint density at radius 2 is 2.23 bits per heavy atom. The molecule has 0 saturated carbocycles. The van der Waals surface area contributed by atoms with E-state index in [-0.39, 0.29) is 0 Å². The van der Waals surface area contributed by atoms with Crippen LogP contribution in [-0.4, -0.2) is 36.1 Å². The third-order valence-electron chi connectivity index (χ3n) is 2.43. The Morgan fingerprint density at radius 1 is 1.38 bits per heavy atom. The highest BCUT2D eigenvalue weighted by Gasteiger charge is 2.11. The van der Waals surface area contributed by atoms with Gasteiger partial charge in [0.25, 0.3) is 0 Å². The summed E-state index contributed by atoms with van der Waals surface area (Å²) in [7, 11) is 0. The van der Waals surface area contributed by atoms with Crippen LogP contribution in [0.1, 0.15) is 5.56 Å². The summed E-state index contributed by atoms with van der Waals surface area (Å²) in [4.78, 5) is 6.60. The van der Waals surface area contributed by atoms with E-state index in [2.05, 4.69) is 21.3 Å². The standard InChI is InChI=1S/C10H15N3/c1-2-10(8-12-3-1)9-13-6-4-11-5-7-13/h1-3,8,11H,4-7,9H2/p+1. The van der Waals surface area contributed by atoms with Crippen LogP contribution in [0.5, 0.6) is 0 Å². The molecular weight excluding hydrogens is 162 g/mol. The van der Waals surface area contributed by atoms with Gasteiger partial charge in [-0.1, -0.05) is 6.07 Å². The lowest BCUT2D eigenvalue weighted by Gasteiger charge is -2.24. The maximum absolute atomic E-state index is 4.12. The van der Waals surface area contributed by atoms with Crippen LogP contribution in [0.3, 0.4) is 0 Å². The smallest absolute Gasteiger partial charge is 0.0885 e. The minimum absolute atomic E-state index is 1.06. The van der Waals surface area contributed by atoms with Gasteiger partial charge < -0.3 is 5.32 Å². The van der Waals surface area contributed by atoms with E-state index in [9.17, 15) is 0 Å². The predicted octanol–water partition coefficient (Wildman–Crippen LogP) is -0.539. The first-order valence-corrected chi connectivity index (χ1v) is 4.88. The first-order chi connectivity index (χ1) is 6.45. The second kappa shape index (κ2) is 4.35. The van der Waals surface area contributed by atoms with E-state index in [1.165, 1.54) is 31.7 Å². The molecule has 1 aliphatic heterocycles. The number of piperazine rings is 1. The van der Waals surface area contributed by atoms with Crippen molar-refractivity contribution in [1.82, 2.24) is 9.88 Å². The Balaban J connectivity index is 1.90. The van der Waals surface area contributed by atoms with Crippen LogP contribution < -0.4 is 5.32 Å². The van der Waals surface area contributed by atoms with E-state index in [1.54, 1.807) is 0 Å². The monoisotopic (exact) mass is 178 g/mol. The van der Waals surface area contributed by atoms with Crippen LogP contribution >= 0.6 is 0 Å². The molecule has 0 atom stereocenters. The van der Waals surface area contributed by atoms with Crippen molar-refractivity contribution >= 4 is 0 Å². The van der Waals surface area contributed by atoms with Crippen molar-refractivity contribution < 1.29 is 5.32 Å². The van der Waals surface area contributed by atoms with E-state index in [0.29, 0.717) is 0 Å². The van der Waals surface area contributed by atoms with E-state index >= 15 is 0 Å². The van der Waals surface area contributed by atoms with Crippen molar-refractivity contribution in [3.63, 3.8) is 0 Å². The van der Waals surface area contributed by atoms with Gasteiger partial charge in [-0.05, 0) is 11.6 Å². The molecule has 1 fully saturated rings. The molecule has 0 spiro atoms. The average molecular weight is 178 g/mol. The second-order valence-electron chi connectivity index (χ2n) is 3.50. The largest absolute Gasteiger partial charge is 0.344 e. The molecule has 0 aliphatic carbocycles. The number of nitrogens with two attached hydrogens (primary N) is 1. The van der Waals surface area contributed by atoms with Gasteiger partial charge in [0.05, 0.1) is 13.1 Å². The molecule has 3 heteroatoms. The molecule has 70 valence electrons. The van der Waals surface area contributed by atoms with Crippen LogP contribution in [0.2, 0.25) is 0 Å². The Kier molecular flexibility index (Phi) is 2.90. The number of aromatic nitrogens is 1. The Bertz CT molecular complexity index is 242. The van der Waals surface area contributed by atoms with Gasteiger partial charge in [0.15, 0.2) is 0 Å². The molecule has 2 N–H and O–H groups in total. The molecule has 0 bridgehead atoms. The van der Waals surface area contributed by atoms with Crippen LogP contribution in [0.4, 0.5) is 0 Å². The molecule has 0 amide bonds.